The molecule has 0 fully saturated rings. The topological polar surface area (TPSA) is 93.7 Å². The van der Waals surface area contributed by atoms with E-state index in [0.717, 1.165) is 11.1 Å². The van der Waals surface area contributed by atoms with Gasteiger partial charge in [-0.15, -0.1) is 0 Å². The van der Waals surface area contributed by atoms with Gasteiger partial charge in [-0.05, 0) is 50.1 Å². The van der Waals surface area contributed by atoms with E-state index < -0.39 is 15.9 Å². The maximum Gasteiger partial charge on any atom is 0.294 e. The summed E-state index contributed by atoms with van der Waals surface area (Å²) < 4.78 is 38.8. The second kappa shape index (κ2) is 7.93. The Morgan fingerprint density at radius 2 is 1.79 bits per heavy atom. The lowest BCUT2D eigenvalue weighted by molar-refractivity contribution is -0.117. The second-order valence-electron chi connectivity index (χ2n) is 6.56. The molecule has 7 nitrogen and oxygen atoms in total. The monoisotopic (exact) mass is 402 g/mol. The van der Waals surface area contributed by atoms with Crippen LogP contribution in [0, 0.1) is 20.8 Å². The highest BCUT2D eigenvalue weighted by molar-refractivity contribution is 7.92. The van der Waals surface area contributed by atoms with E-state index in [1.807, 2.05) is 26.0 Å². The molecule has 2 aromatic rings. The van der Waals surface area contributed by atoms with E-state index in [4.69, 9.17) is 9.47 Å². The van der Waals surface area contributed by atoms with Crippen LogP contribution in [-0.2, 0) is 24.3 Å². The first-order chi connectivity index (χ1) is 13.3. The molecule has 1 aliphatic heterocycles. The van der Waals surface area contributed by atoms with Crippen molar-refractivity contribution in [2.24, 2.45) is 0 Å². The highest BCUT2D eigenvalue weighted by Crippen LogP contribution is 2.25. The van der Waals surface area contributed by atoms with E-state index in [-0.39, 0.29) is 17.3 Å². The maximum atomic E-state index is 12.9. The van der Waals surface area contributed by atoms with Crippen LogP contribution in [-0.4, -0.2) is 27.5 Å². The zero-order valence-corrected chi connectivity index (χ0v) is 16.7. The van der Waals surface area contributed by atoms with Crippen LogP contribution in [0.5, 0.6) is 0 Å². The molecule has 0 radical (unpaired) electrons. The van der Waals surface area contributed by atoms with Crippen LogP contribution >= 0.6 is 0 Å². The molecular weight excluding hydrogens is 380 g/mol. The van der Waals surface area contributed by atoms with Crippen molar-refractivity contribution in [2.75, 3.05) is 23.3 Å². The summed E-state index contributed by atoms with van der Waals surface area (Å²) in [6.07, 6.45) is 1.24. The number of aryl methyl sites for hydroxylation is 3. The SMILES string of the molecule is Cc1ccc(NS(=O)(=O)c2cc(NC(=O)C3=COCCO3)ccc2C)c(C)c1. The Balaban J connectivity index is 1.85. The van der Waals surface area contributed by atoms with E-state index in [9.17, 15) is 13.2 Å². The van der Waals surface area contributed by atoms with Gasteiger partial charge in [0.05, 0.1) is 10.6 Å². The summed E-state index contributed by atoms with van der Waals surface area (Å²) in [5.74, 6) is -0.459. The number of rotatable bonds is 5. The van der Waals surface area contributed by atoms with Crippen molar-refractivity contribution in [1.82, 2.24) is 0 Å². The smallest absolute Gasteiger partial charge is 0.294 e. The average molecular weight is 402 g/mol. The molecule has 0 saturated carbocycles. The van der Waals surface area contributed by atoms with Gasteiger partial charge < -0.3 is 14.8 Å². The lowest BCUT2D eigenvalue weighted by atomic mass is 10.1. The number of carbonyl (C=O) groups excluding carboxylic acids is 1. The second-order valence-corrected chi connectivity index (χ2v) is 8.21. The molecule has 0 aliphatic carbocycles. The fourth-order valence-corrected chi connectivity index (χ4v) is 4.18. The molecule has 1 amide bonds. The minimum absolute atomic E-state index is 0.0460. The Hall–Kier alpha value is -3.00. The molecule has 1 heterocycles. The van der Waals surface area contributed by atoms with Gasteiger partial charge in [0.1, 0.15) is 19.5 Å². The first-order valence-corrected chi connectivity index (χ1v) is 10.2. The first kappa shape index (κ1) is 19.8. The van der Waals surface area contributed by atoms with Gasteiger partial charge >= 0.3 is 0 Å². The Labute approximate surface area is 164 Å². The summed E-state index contributed by atoms with van der Waals surface area (Å²) in [5.41, 5.74) is 3.28. The van der Waals surface area contributed by atoms with Crippen molar-refractivity contribution in [3.8, 4) is 0 Å². The van der Waals surface area contributed by atoms with Crippen LogP contribution in [0.2, 0.25) is 0 Å². The molecule has 0 aromatic heterocycles. The molecular formula is C20H22N2O5S. The van der Waals surface area contributed by atoms with Gasteiger partial charge in [0.25, 0.3) is 15.9 Å². The Morgan fingerprint density at radius 3 is 2.46 bits per heavy atom. The van der Waals surface area contributed by atoms with Crippen LogP contribution in [0.4, 0.5) is 11.4 Å². The lowest BCUT2D eigenvalue weighted by Gasteiger charge is -2.16. The molecule has 148 valence electrons. The van der Waals surface area contributed by atoms with Gasteiger partial charge in [0.2, 0.25) is 5.76 Å². The Kier molecular flexibility index (Phi) is 5.60. The number of carbonyl (C=O) groups is 1. The largest absolute Gasteiger partial charge is 0.494 e. The molecule has 8 heteroatoms. The summed E-state index contributed by atoms with van der Waals surface area (Å²) in [5, 5.41) is 2.63. The molecule has 0 atom stereocenters. The summed E-state index contributed by atoms with van der Waals surface area (Å²) >= 11 is 0. The van der Waals surface area contributed by atoms with Crippen molar-refractivity contribution >= 4 is 27.3 Å². The lowest BCUT2D eigenvalue weighted by Crippen LogP contribution is -2.21. The third kappa shape index (κ3) is 4.45. The number of benzene rings is 2. The van der Waals surface area contributed by atoms with Crippen molar-refractivity contribution in [3.63, 3.8) is 0 Å². The van der Waals surface area contributed by atoms with Crippen LogP contribution in [0.15, 0.2) is 53.3 Å². The zero-order valence-electron chi connectivity index (χ0n) is 15.9. The quantitative estimate of drug-likeness (QED) is 0.801. The fraction of sp³-hybridized carbons (Fsp3) is 0.250. The molecule has 0 saturated heterocycles. The van der Waals surface area contributed by atoms with Crippen molar-refractivity contribution in [3.05, 3.63) is 65.1 Å². The van der Waals surface area contributed by atoms with Crippen molar-refractivity contribution in [1.29, 1.82) is 0 Å². The third-order valence-corrected chi connectivity index (χ3v) is 5.74. The number of hydrogen-bond acceptors (Lipinski definition) is 5. The molecule has 2 N–H and O–H groups in total. The highest BCUT2D eigenvalue weighted by atomic mass is 32.2. The number of nitrogens with one attached hydrogen (secondary N) is 2. The molecule has 28 heavy (non-hydrogen) atoms. The molecule has 1 aliphatic rings. The van der Waals surface area contributed by atoms with Crippen molar-refractivity contribution in [2.45, 2.75) is 25.7 Å². The molecule has 0 unspecified atom stereocenters. The average Bonchev–Trinajstić information content (AvgIpc) is 2.66. The van der Waals surface area contributed by atoms with E-state index in [1.54, 1.807) is 25.1 Å². The number of anilines is 2. The third-order valence-electron chi connectivity index (χ3n) is 4.23. The summed E-state index contributed by atoms with van der Waals surface area (Å²) in [6, 6.07) is 10.2. The maximum absolute atomic E-state index is 12.9. The van der Waals surface area contributed by atoms with Gasteiger partial charge in [0, 0.05) is 5.69 Å². The van der Waals surface area contributed by atoms with Gasteiger partial charge in [-0.3, -0.25) is 9.52 Å². The van der Waals surface area contributed by atoms with Crippen LogP contribution in [0.1, 0.15) is 16.7 Å². The molecule has 0 bridgehead atoms. The predicted octanol–water partition coefficient (Wildman–Crippen LogP) is 3.24. The first-order valence-electron chi connectivity index (χ1n) is 8.73. The van der Waals surface area contributed by atoms with Crippen LogP contribution in [0.25, 0.3) is 0 Å². The zero-order chi connectivity index (χ0) is 20.3. The van der Waals surface area contributed by atoms with E-state index >= 15 is 0 Å². The number of ether oxygens (including phenoxy) is 2. The van der Waals surface area contributed by atoms with Gasteiger partial charge in [0.15, 0.2) is 0 Å². The number of amides is 1. The van der Waals surface area contributed by atoms with E-state index in [1.165, 1.54) is 12.3 Å². The number of hydrogen-bond donors (Lipinski definition) is 2. The van der Waals surface area contributed by atoms with Crippen LogP contribution < -0.4 is 10.0 Å². The molecule has 2 aromatic carbocycles. The Bertz CT molecular complexity index is 1040. The van der Waals surface area contributed by atoms with Crippen molar-refractivity contribution < 1.29 is 22.7 Å². The summed E-state index contributed by atoms with van der Waals surface area (Å²) in [7, 11) is -3.83. The molecule has 3 rings (SSSR count). The summed E-state index contributed by atoms with van der Waals surface area (Å²) in [4.78, 5) is 12.3. The Morgan fingerprint density at radius 1 is 1.00 bits per heavy atom. The normalized spacial score (nSPS) is 13.8. The number of sulfonamides is 1. The minimum atomic E-state index is -3.83. The predicted molar refractivity (Wildman–Crippen MR) is 107 cm³/mol. The van der Waals surface area contributed by atoms with Crippen LogP contribution in [0.3, 0.4) is 0 Å². The summed E-state index contributed by atoms with van der Waals surface area (Å²) in [6.45, 7) is 6.15. The highest BCUT2D eigenvalue weighted by Gasteiger charge is 2.20. The van der Waals surface area contributed by atoms with Gasteiger partial charge in [-0.25, -0.2) is 8.42 Å². The van der Waals surface area contributed by atoms with E-state index in [0.29, 0.717) is 23.5 Å². The minimum Gasteiger partial charge on any atom is -0.494 e. The van der Waals surface area contributed by atoms with Gasteiger partial charge in [-0.1, -0.05) is 23.8 Å². The fourth-order valence-electron chi connectivity index (χ4n) is 2.78. The standard InChI is InChI=1S/C20H22N2O5S/c1-13-4-7-17(15(3)10-13)22-28(24,25)19-11-16(6-5-14(19)2)21-20(23)18-12-26-8-9-27-18/h4-7,10-12,22H,8-9H2,1-3H3,(H,21,23). The molecule has 0 spiro atoms. The van der Waals surface area contributed by atoms with E-state index in [2.05, 4.69) is 10.0 Å². The van der Waals surface area contributed by atoms with Gasteiger partial charge in [-0.2, -0.15) is 0 Å².